The lowest BCUT2D eigenvalue weighted by Gasteiger charge is -2.22. The largest absolute Gasteiger partial charge is 0.497 e. The van der Waals surface area contributed by atoms with Crippen LogP contribution >= 0.6 is 24.0 Å². The third kappa shape index (κ3) is 10.1. The number of hydrogen-bond acceptors (Lipinski definition) is 4. The van der Waals surface area contributed by atoms with Crippen molar-refractivity contribution >= 4 is 29.9 Å². The summed E-state index contributed by atoms with van der Waals surface area (Å²) >= 11 is 0. The van der Waals surface area contributed by atoms with Gasteiger partial charge in [-0.2, -0.15) is 0 Å². The van der Waals surface area contributed by atoms with Crippen molar-refractivity contribution in [2.24, 2.45) is 4.99 Å². The third-order valence-corrected chi connectivity index (χ3v) is 3.87. The van der Waals surface area contributed by atoms with Crippen molar-refractivity contribution in [1.82, 2.24) is 15.5 Å². The number of hydrogen-bond donors (Lipinski definition) is 2. The summed E-state index contributed by atoms with van der Waals surface area (Å²) in [6.45, 7) is 11.7. The average molecular weight is 478 g/mol. The van der Waals surface area contributed by atoms with Crippen LogP contribution in [0.3, 0.4) is 0 Å². The van der Waals surface area contributed by atoms with Gasteiger partial charge in [-0.15, -0.1) is 24.0 Å². The molecule has 1 aromatic rings. The van der Waals surface area contributed by atoms with E-state index in [-0.39, 0.29) is 30.1 Å². The minimum absolute atomic E-state index is 0. The fourth-order valence-electron chi connectivity index (χ4n) is 2.11. The van der Waals surface area contributed by atoms with E-state index in [2.05, 4.69) is 48.3 Å². The van der Waals surface area contributed by atoms with E-state index in [1.54, 1.807) is 7.11 Å². The van der Waals surface area contributed by atoms with Crippen molar-refractivity contribution in [2.45, 2.75) is 39.8 Å². The highest BCUT2D eigenvalue weighted by Gasteiger charge is 2.06. The molecule has 1 aromatic carbocycles. The van der Waals surface area contributed by atoms with Crippen LogP contribution in [-0.2, 0) is 0 Å². The molecule has 0 aliphatic carbocycles. The van der Waals surface area contributed by atoms with Gasteiger partial charge in [-0.1, -0.05) is 6.07 Å². The Morgan fingerprint density at radius 3 is 2.50 bits per heavy atom. The van der Waals surface area contributed by atoms with Gasteiger partial charge in [0.05, 0.1) is 13.7 Å². The Kier molecular flexibility index (Phi) is 13.3. The van der Waals surface area contributed by atoms with Crippen molar-refractivity contribution in [2.75, 3.05) is 40.3 Å². The van der Waals surface area contributed by atoms with Gasteiger partial charge in [0.1, 0.15) is 17.6 Å². The van der Waals surface area contributed by atoms with Crippen LogP contribution in [0, 0.1) is 0 Å². The molecule has 0 bridgehead atoms. The second-order valence-electron chi connectivity index (χ2n) is 6.33. The first-order chi connectivity index (χ1) is 12.0. The minimum atomic E-state index is -0.0269. The SMILES string of the molecule is CCNC(=NCC(C)Oc1cccc(OC)c1)NCCN(C)C(C)C.I. The Morgan fingerprint density at radius 1 is 1.19 bits per heavy atom. The Bertz CT molecular complexity index is 526. The molecule has 0 spiro atoms. The molecule has 0 aliphatic rings. The molecule has 0 aromatic heterocycles. The van der Waals surface area contributed by atoms with Crippen molar-refractivity contribution in [3.8, 4) is 11.5 Å². The van der Waals surface area contributed by atoms with E-state index < -0.39 is 0 Å². The normalized spacial score (nSPS) is 12.5. The van der Waals surface area contributed by atoms with E-state index >= 15 is 0 Å². The van der Waals surface area contributed by atoms with Crippen LogP contribution < -0.4 is 20.1 Å². The first kappa shape index (κ1) is 24.8. The van der Waals surface area contributed by atoms with Gasteiger partial charge in [-0.3, -0.25) is 0 Å². The average Bonchev–Trinajstić information content (AvgIpc) is 2.59. The molecule has 0 saturated heterocycles. The zero-order chi connectivity index (χ0) is 18.7. The summed E-state index contributed by atoms with van der Waals surface area (Å²) in [5.74, 6) is 2.40. The molecule has 7 heteroatoms. The fourth-order valence-corrected chi connectivity index (χ4v) is 2.11. The second kappa shape index (κ2) is 13.9. The molecule has 26 heavy (non-hydrogen) atoms. The molecule has 1 rings (SSSR count). The Balaban J connectivity index is 0.00000625. The van der Waals surface area contributed by atoms with Crippen molar-refractivity contribution in [3.63, 3.8) is 0 Å². The minimum Gasteiger partial charge on any atom is -0.497 e. The monoisotopic (exact) mass is 478 g/mol. The lowest BCUT2D eigenvalue weighted by Crippen LogP contribution is -2.42. The van der Waals surface area contributed by atoms with Crippen LogP contribution in [0.1, 0.15) is 27.7 Å². The molecule has 150 valence electrons. The summed E-state index contributed by atoms with van der Waals surface area (Å²) in [5.41, 5.74) is 0. The summed E-state index contributed by atoms with van der Waals surface area (Å²) in [6, 6.07) is 8.16. The number of likely N-dealkylation sites (N-methyl/N-ethyl adjacent to an activating group) is 1. The first-order valence-corrected chi connectivity index (χ1v) is 8.99. The molecule has 1 atom stereocenters. The summed E-state index contributed by atoms with van der Waals surface area (Å²) in [6.07, 6.45) is -0.0269. The maximum absolute atomic E-state index is 5.91. The van der Waals surface area contributed by atoms with E-state index in [1.807, 2.05) is 31.2 Å². The fraction of sp³-hybridized carbons (Fsp3) is 0.632. The number of ether oxygens (including phenoxy) is 2. The zero-order valence-corrected chi connectivity index (χ0v) is 19.2. The molecule has 0 heterocycles. The van der Waals surface area contributed by atoms with E-state index in [1.165, 1.54) is 0 Å². The van der Waals surface area contributed by atoms with Gasteiger partial charge in [0.15, 0.2) is 5.96 Å². The lowest BCUT2D eigenvalue weighted by atomic mass is 10.3. The molecule has 0 saturated carbocycles. The maximum Gasteiger partial charge on any atom is 0.191 e. The lowest BCUT2D eigenvalue weighted by molar-refractivity contribution is 0.229. The first-order valence-electron chi connectivity index (χ1n) is 8.99. The van der Waals surface area contributed by atoms with Crippen LogP contribution in [0.15, 0.2) is 29.3 Å². The molecule has 2 N–H and O–H groups in total. The van der Waals surface area contributed by atoms with Gasteiger partial charge >= 0.3 is 0 Å². The number of methoxy groups -OCH3 is 1. The van der Waals surface area contributed by atoms with Gasteiger partial charge in [-0.05, 0) is 46.9 Å². The highest BCUT2D eigenvalue weighted by molar-refractivity contribution is 14.0. The molecular weight excluding hydrogens is 443 g/mol. The molecule has 0 aliphatic heterocycles. The van der Waals surface area contributed by atoms with Crippen molar-refractivity contribution in [3.05, 3.63) is 24.3 Å². The van der Waals surface area contributed by atoms with Gasteiger partial charge < -0.3 is 25.0 Å². The molecular formula is C19H35IN4O2. The van der Waals surface area contributed by atoms with Gasteiger partial charge in [0, 0.05) is 31.7 Å². The predicted octanol–water partition coefficient (Wildman–Crippen LogP) is 2.98. The predicted molar refractivity (Wildman–Crippen MR) is 120 cm³/mol. The number of benzene rings is 1. The number of aliphatic imine (C=N–C) groups is 1. The molecule has 1 unspecified atom stereocenters. The van der Waals surface area contributed by atoms with Crippen LogP contribution in [0.25, 0.3) is 0 Å². The highest BCUT2D eigenvalue weighted by atomic mass is 127. The van der Waals surface area contributed by atoms with Crippen LogP contribution in [0.5, 0.6) is 11.5 Å². The van der Waals surface area contributed by atoms with Crippen LogP contribution in [0.4, 0.5) is 0 Å². The zero-order valence-electron chi connectivity index (χ0n) is 16.9. The van der Waals surface area contributed by atoms with Gasteiger partial charge in [-0.25, -0.2) is 4.99 Å². The van der Waals surface area contributed by atoms with E-state index in [9.17, 15) is 0 Å². The quantitative estimate of drug-likeness (QED) is 0.308. The summed E-state index contributed by atoms with van der Waals surface area (Å²) in [7, 11) is 3.78. The summed E-state index contributed by atoms with van der Waals surface area (Å²) < 4.78 is 11.1. The second-order valence-corrected chi connectivity index (χ2v) is 6.33. The van der Waals surface area contributed by atoms with Crippen molar-refractivity contribution < 1.29 is 9.47 Å². The van der Waals surface area contributed by atoms with Crippen LogP contribution in [0.2, 0.25) is 0 Å². The Morgan fingerprint density at radius 2 is 1.88 bits per heavy atom. The third-order valence-electron chi connectivity index (χ3n) is 3.87. The van der Waals surface area contributed by atoms with Crippen LogP contribution in [-0.4, -0.2) is 63.3 Å². The van der Waals surface area contributed by atoms with E-state index in [0.717, 1.165) is 37.1 Å². The smallest absolute Gasteiger partial charge is 0.191 e. The number of guanidine groups is 1. The Labute approximate surface area is 175 Å². The maximum atomic E-state index is 5.91. The number of nitrogens with one attached hydrogen (secondary N) is 2. The van der Waals surface area contributed by atoms with E-state index in [0.29, 0.717) is 12.6 Å². The molecule has 0 radical (unpaired) electrons. The summed E-state index contributed by atoms with van der Waals surface area (Å²) in [5, 5.41) is 6.63. The van der Waals surface area contributed by atoms with Gasteiger partial charge in [0.2, 0.25) is 0 Å². The standard InChI is InChI=1S/C19H34N4O2.HI/c1-7-20-19(21-11-12-23(5)15(2)3)22-14-16(4)25-18-10-8-9-17(13-18)24-6;/h8-10,13,15-16H,7,11-12,14H2,1-6H3,(H2,20,21,22);1H. The highest BCUT2D eigenvalue weighted by Crippen LogP contribution is 2.19. The van der Waals surface area contributed by atoms with E-state index in [4.69, 9.17) is 9.47 Å². The molecule has 6 nitrogen and oxygen atoms in total. The summed E-state index contributed by atoms with van der Waals surface area (Å²) in [4.78, 5) is 6.91. The number of halogens is 1. The number of nitrogens with zero attached hydrogens (tertiary/aromatic N) is 2. The number of rotatable bonds is 10. The van der Waals surface area contributed by atoms with Gasteiger partial charge in [0.25, 0.3) is 0 Å². The topological polar surface area (TPSA) is 58.1 Å². The Hall–Kier alpha value is -1.22. The molecule has 0 amide bonds. The molecule has 0 fully saturated rings. The van der Waals surface area contributed by atoms with Crippen molar-refractivity contribution in [1.29, 1.82) is 0 Å².